The van der Waals surface area contributed by atoms with Gasteiger partial charge in [0, 0.05) is 6.08 Å². The minimum atomic E-state index is -0.642. The van der Waals surface area contributed by atoms with Crippen LogP contribution in [0.15, 0.2) is 98.8 Å². The zero-order valence-electron chi connectivity index (χ0n) is 19.2. The Morgan fingerprint density at radius 1 is 1.05 bits per heavy atom. The lowest BCUT2D eigenvalue weighted by atomic mass is 10.1. The minimum absolute atomic E-state index is 0.0855. The van der Waals surface area contributed by atoms with Crippen molar-refractivity contribution in [1.82, 2.24) is 9.88 Å². The summed E-state index contributed by atoms with van der Waals surface area (Å²) in [6, 6.07) is 23.5. The van der Waals surface area contributed by atoms with E-state index in [2.05, 4.69) is 5.32 Å². The van der Waals surface area contributed by atoms with Gasteiger partial charge in [-0.25, -0.2) is 4.39 Å². The first kappa shape index (κ1) is 23.8. The first-order valence-corrected chi connectivity index (χ1v) is 12.0. The number of para-hydroxylation sites is 1. The lowest BCUT2D eigenvalue weighted by Gasteiger charge is -2.04. The standard InChI is InChI=1S/C28H18FN3O4S/c29-23-11-5-4-10-21(23)24-13-12-19(36-24)15-25-27(34)32(18-7-2-1-3-8-18)28(37-25)22(16-30)26(33)31-17-20-9-6-14-35-20/h1-15H,17H2,(H,31,33). The zero-order chi connectivity index (χ0) is 25.8. The van der Waals surface area contributed by atoms with Crippen molar-refractivity contribution in [2.75, 3.05) is 0 Å². The molecule has 0 aliphatic carbocycles. The molecule has 5 aromatic rings. The van der Waals surface area contributed by atoms with Gasteiger partial charge in [0.1, 0.15) is 33.8 Å². The van der Waals surface area contributed by atoms with Gasteiger partial charge in [-0.05, 0) is 48.5 Å². The maximum atomic E-state index is 14.2. The quantitative estimate of drug-likeness (QED) is 0.375. The Hall–Kier alpha value is -4.94. The Balaban J connectivity index is 1.63. The number of furan rings is 2. The van der Waals surface area contributed by atoms with Gasteiger partial charge in [-0.15, -0.1) is 11.3 Å². The third-order valence-electron chi connectivity index (χ3n) is 5.43. The molecule has 3 aromatic heterocycles. The molecule has 0 fully saturated rings. The van der Waals surface area contributed by atoms with Crippen LogP contribution in [0.2, 0.25) is 0 Å². The van der Waals surface area contributed by atoms with Crippen LogP contribution in [-0.2, 0) is 11.3 Å². The van der Waals surface area contributed by atoms with Gasteiger partial charge < -0.3 is 14.2 Å². The number of amides is 1. The summed E-state index contributed by atoms with van der Waals surface area (Å²) in [5.74, 6) is 0.0864. The average molecular weight is 512 g/mol. The van der Waals surface area contributed by atoms with Crippen molar-refractivity contribution >= 4 is 28.9 Å². The third-order valence-corrected chi connectivity index (χ3v) is 6.53. The third kappa shape index (κ3) is 4.91. The number of halogens is 1. The Morgan fingerprint density at radius 3 is 2.57 bits per heavy atom. The van der Waals surface area contributed by atoms with Gasteiger partial charge in [-0.1, -0.05) is 30.3 Å². The smallest absolute Gasteiger partial charge is 0.273 e. The van der Waals surface area contributed by atoms with Crippen LogP contribution in [0.3, 0.4) is 0 Å². The Morgan fingerprint density at radius 2 is 1.84 bits per heavy atom. The van der Waals surface area contributed by atoms with Crippen molar-refractivity contribution in [2.24, 2.45) is 0 Å². The first-order valence-electron chi connectivity index (χ1n) is 11.1. The number of nitrogens with zero attached hydrogens (tertiary/aromatic N) is 2. The first-order chi connectivity index (χ1) is 18.0. The van der Waals surface area contributed by atoms with Gasteiger partial charge in [-0.2, -0.15) is 5.26 Å². The van der Waals surface area contributed by atoms with E-state index < -0.39 is 17.3 Å². The highest BCUT2D eigenvalue weighted by atomic mass is 32.1. The van der Waals surface area contributed by atoms with Crippen LogP contribution in [0.25, 0.3) is 28.7 Å². The van der Waals surface area contributed by atoms with E-state index in [0.29, 0.717) is 28.5 Å². The van der Waals surface area contributed by atoms with E-state index in [1.807, 2.05) is 6.07 Å². The van der Waals surface area contributed by atoms with Crippen molar-refractivity contribution in [3.8, 4) is 23.1 Å². The number of thiazole rings is 1. The minimum Gasteiger partial charge on any atom is -0.467 e. The van der Waals surface area contributed by atoms with E-state index in [0.717, 1.165) is 11.3 Å². The molecular weight excluding hydrogens is 493 g/mol. The molecule has 2 aromatic carbocycles. The number of carbonyl (C=O) groups excluding carboxylic acids is 1. The van der Waals surface area contributed by atoms with E-state index >= 15 is 0 Å². The molecule has 37 heavy (non-hydrogen) atoms. The molecule has 0 aliphatic rings. The Bertz CT molecular complexity index is 1790. The number of nitriles is 1. The molecule has 0 radical (unpaired) electrons. The Kier molecular flexibility index (Phi) is 6.66. The number of hydrogen-bond acceptors (Lipinski definition) is 6. The molecule has 3 heterocycles. The van der Waals surface area contributed by atoms with E-state index in [1.54, 1.807) is 72.8 Å². The predicted octanol–water partition coefficient (Wildman–Crippen LogP) is 3.71. The maximum Gasteiger partial charge on any atom is 0.273 e. The number of carbonyl (C=O) groups is 1. The molecule has 5 rings (SSSR count). The van der Waals surface area contributed by atoms with Crippen LogP contribution in [-0.4, -0.2) is 10.5 Å². The van der Waals surface area contributed by atoms with Gasteiger partial charge in [-0.3, -0.25) is 14.2 Å². The number of aromatic nitrogens is 1. The summed E-state index contributed by atoms with van der Waals surface area (Å²) < 4.78 is 26.9. The molecule has 0 spiro atoms. The predicted molar refractivity (Wildman–Crippen MR) is 136 cm³/mol. The van der Waals surface area contributed by atoms with Gasteiger partial charge in [0.25, 0.3) is 11.5 Å². The fourth-order valence-corrected chi connectivity index (χ4v) is 4.77. The van der Waals surface area contributed by atoms with Gasteiger partial charge >= 0.3 is 0 Å². The summed E-state index contributed by atoms with van der Waals surface area (Å²) >= 11 is 0.985. The van der Waals surface area contributed by atoms with Crippen molar-refractivity contribution in [3.63, 3.8) is 0 Å². The van der Waals surface area contributed by atoms with Crippen LogP contribution in [0, 0.1) is 17.1 Å². The largest absolute Gasteiger partial charge is 0.467 e. The number of hydrogen-bond donors (Lipinski definition) is 1. The molecule has 0 saturated heterocycles. The zero-order valence-corrected chi connectivity index (χ0v) is 20.0. The summed E-state index contributed by atoms with van der Waals surface area (Å²) in [6.07, 6.45) is 2.99. The topological polar surface area (TPSA) is 101 Å². The van der Waals surface area contributed by atoms with Crippen LogP contribution in [0.5, 0.6) is 0 Å². The normalized spacial score (nSPS) is 12.3. The molecular formula is C28H18FN3O4S. The fourth-order valence-electron chi connectivity index (χ4n) is 3.69. The highest BCUT2D eigenvalue weighted by Gasteiger charge is 2.17. The molecule has 0 aliphatic heterocycles. The molecule has 0 bridgehead atoms. The van der Waals surface area contributed by atoms with Crippen LogP contribution in [0.4, 0.5) is 4.39 Å². The Labute approximate surface area is 213 Å². The van der Waals surface area contributed by atoms with E-state index in [-0.39, 0.29) is 21.3 Å². The van der Waals surface area contributed by atoms with Crippen molar-refractivity contribution in [2.45, 2.75) is 6.54 Å². The molecule has 0 saturated carbocycles. The average Bonchev–Trinajstić information content (AvgIpc) is 3.66. The van der Waals surface area contributed by atoms with E-state index in [1.165, 1.54) is 23.0 Å². The second-order valence-corrected chi connectivity index (χ2v) is 8.85. The molecule has 182 valence electrons. The second-order valence-electron chi connectivity index (χ2n) is 7.82. The number of nitrogens with one attached hydrogen (secondary N) is 1. The van der Waals surface area contributed by atoms with Crippen molar-refractivity contribution < 1.29 is 18.0 Å². The fraction of sp³-hybridized carbons (Fsp3) is 0.0357. The number of rotatable bonds is 6. The molecule has 0 atom stereocenters. The highest BCUT2D eigenvalue weighted by Crippen LogP contribution is 2.25. The summed E-state index contributed by atoms with van der Waals surface area (Å²) in [5, 5.41) is 12.5. The molecule has 9 heteroatoms. The van der Waals surface area contributed by atoms with Crippen LogP contribution >= 0.6 is 11.3 Å². The summed E-state index contributed by atoms with van der Waals surface area (Å²) in [4.78, 5) is 26.4. The molecule has 1 amide bonds. The second kappa shape index (κ2) is 10.4. The molecule has 0 unspecified atom stereocenters. The maximum absolute atomic E-state index is 14.2. The monoisotopic (exact) mass is 511 g/mol. The van der Waals surface area contributed by atoms with Crippen LogP contribution in [0.1, 0.15) is 11.5 Å². The highest BCUT2D eigenvalue weighted by molar-refractivity contribution is 7.07. The summed E-state index contributed by atoms with van der Waals surface area (Å²) in [7, 11) is 0. The van der Waals surface area contributed by atoms with Crippen LogP contribution < -0.4 is 20.1 Å². The SMILES string of the molecule is N#CC(C(=O)NCc1ccco1)=c1sc(=Cc2ccc(-c3ccccc3F)o2)c(=O)n1-c1ccccc1. The summed E-state index contributed by atoms with van der Waals surface area (Å²) in [5.41, 5.74) is 0.144. The van der Waals surface area contributed by atoms with E-state index in [4.69, 9.17) is 8.83 Å². The van der Waals surface area contributed by atoms with Gasteiger partial charge in [0.15, 0.2) is 5.57 Å². The lowest BCUT2D eigenvalue weighted by molar-refractivity contribution is -0.115. The van der Waals surface area contributed by atoms with Crippen molar-refractivity contribution in [1.29, 1.82) is 5.26 Å². The van der Waals surface area contributed by atoms with Crippen molar-refractivity contribution in [3.05, 3.63) is 122 Å². The number of benzene rings is 2. The van der Waals surface area contributed by atoms with Gasteiger partial charge in [0.05, 0.1) is 28.6 Å². The molecule has 1 N–H and O–H groups in total. The summed E-state index contributed by atoms with van der Waals surface area (Å²) in [6.45, 7) is 0.0855. The lowest BCUT2D eigenvalue weighted by Crippen LogP contribution is -2.33. The van der Waals surface area contributed by atoms with Gasteiger partial charge in [0.2, 0.25) is 0 Å². The molecule has 7 nitrogen and oxygen atoms in total. The van der Waals surface area contributed by atoms with E-state index in [9.17, 15) is 19.2 Å².